The van der Waals surface area contributed by atoms with Crippen LogP contribution in [0.2, 0.25) is 10.0 Å². The SMILES string of the molecule is Cc1cc(F)cc(C(Cc2ccc(Cl)cc2Cl)NN)c1. The zero-order valence-electron chi connectivity index (χ0n) is 11.0. The van der Waals surface area contributed by atoms with Gasteiger partial charge in [-0.3, -0.25) is 11.3 Å². The van der Waals surface area contributed by atoms with Crippen molar-refractivity contribution < 1.29 is 4.39 Å². The molecule has 0 spiro atoms. The summed E-state index contributed by atoms with van der Waals surface area (Å²) >= 11 is 12.0. The first-order valence-corrected chi connectivity index (χ1v) is 6.92. The summed E-state index contributed by atoms with van der Waals surface area (Å²) in [7, 11) is 0. The van der Waals surface area contributed by atoms with Crippen LogP contribution in [0.15, 0.2) is 36.4 Å². The number of hydrogen-bond donors (Lipinski definition) is 2. The van der Waals surface area contributed by atoms with Crippen molar-refractivity contribution >= 4 is 23.2 Å². The zero-order chi connectivity index (χ0) is 14.7. The van der Waals surface area contributed by atoms with E-state index < -0.39 is 0 Å². The molecule has 0 fully saturated rings. The van der Waals surface area contributed by atoms with Crippen LogP contribution in [0, 0.1) is 12.7 Å². The van der Waals surface area contributed by atoms with E-state index in [0.717, 1.165) is 16.7 Å². The molecule has 3 N–H and O–H groups in total. The van der Waals surface area contributed by atoms with Gasteiger partial charge in [0.25, 0.3) is 0 Å². The molecule has 106 valence electrons. The van der Waals surface area contributed by atoms with Gasteiger partial charge >= 0.3 is 0 Å². The third-order valence-corrected chi connectivity index (χ3v) is 3.69. The molecule has 0 saturated heterocycles. The van der Waals surface area contributed by atoms with E-state index in [4.69, 9.17) is 29.0 Å². The molecule has 2 aromatic carbocycles. The van der Waals surface area contributed by atoms with E-state index in [9.17, 15) is 4.39 Å². The maximum atomic E-state index is 13.5. The maximum absolute atomic E-state index is 13.5. The van der Waals surface area contributed by atoms with E-state index in [1.54, 1.807) is 12.1 Å². The van der Waals surface area contributed by atoms with E-state index in [-0.39, 0.29) is 11.9 Å². The Bertz CT molecular complexity index is 597. The highest BCUT2D eigenvalue weighted by molar-refractivity contribution is 6.35. The molecule has 0 aliphatic rings. The average Bonchev–Trinajstić information content (AvgIpc) is 2.36. The Balaban J connectivity index is 2.28. The standard InChI is InChI=1S/C15H15Cl2FN2/c1-9-4-11(6-13(18)5-9)15(20-19)7-10-2-3-12(16)8-14(10)17/h2-6,8,15,20H,7,19H2,1H3. The molecule has 0 bridgehead atoms. The van der Waals surface area contributed by atoms with Gasteiger partial charge in [-0.1, -0.05) is 35.3 Å². The molecule has 2 nitrogen and oxygen atoms in total. The lowest BCUT2D eigenvalue weighted by Crippen LogP contribution is -2.29. The summed E-state index contributed by atoms with van der Waals surface area (Å²) in [5, 5.41) is 1.16. The topological polar surface area (TPSA) is 38.0 Å². The first-order valence-electron chi connectivity index (χ1n) is 6.16. The quantitative estimate of drug-likeness (QED) is 0.656. The van der Waals surface area contributed by atoms with Gasteiger partial charge in [-0.05, 0) is 54.3 Å². The molecule has 0 aromatic heterocycles. The van der Waals surface area contributed by atoms with Crippen LogP contribution < -0.4 is 11.3 Å². The maximum Gasteiger partial charge on any atom is 0.123 e. The number of hydrogen-bond acceptors (Lipinski definition) is 2. The molecule has 20 heavy (non-hydrogen) atoms. The Hall–Kier alpha value is -1.13. The predicted molar refractivity (Wildman–Crippen MR) is 81.4 cm³/mol. The van der Waals surface area contributed by atoms with Gasteiger partial charge in [-0.15, -0.1) is 0 Å². The van der Waals surface area contributed by atoms with Crippen LogP contribution in [-0.4, -0.2) is 0 Å². The molecule has 1 unspecified atom stereocenters. The van der Waals surface area contributed by atoms with Crippen LogP contribution in [0.3, 0.4) is 0 Å². The smallest absolute Gasteiger partial charge is 0.123 e. The van der Waals surface area contributed by atoms with Crippen molar-refractivity contribution in [2.24, 2.45) is 5.84 Å². The number of hydrazine groups is 1. The van der Waals surface area contributed by atoms with Crippen molar-refractivity contribution in [2.75, 3.05) is 0 Å². The van der Waals surface area contributed by atoms with Crippen molar-refractivity contribution in [1.29, 1.82) is 0 Å². The number of rotatable bonds is 4. The minimum absolute atomic E-state index is 0.219. The Morgan fingerprint density at radius 3 is 2.55 bits per heavy atom. The normalized spacial score (nSPS) is 12.4. The first-order chi connectivity index (χ1) is 9.49. The third kappa shape index (κ3) is 3.70. The molecule has 0 aliphatic carbocycles. The van der Waals surface area contributed by atoms with Crippen molar-refractivity contribution in [3.8, 4) is 0 Å². The van der Waals surface area contributed by atoms with Gasteiger partial charge in [0.2, 0.25) is 0 Å². The van der Waals surface area contributed by atoms with Gasteiger partial charge in [0.15, 0.2) is 0 Å². The Morgan fingerprint density at radius 2 is 1.95 bits per heavy atom. The Kier molecular flexibility index (Phi) is 5.00. The summed E-state index contributed by atoms with van der Waals surface area (Å²) in [4.78, 5) is 0. The third-order valence-electron chi connectivity index (χ3n) is 3.11. The van der Waals surface area contributed by atoms with E-state index in [2.05, 4.69) is 5.43 Å². The minimum atomic E-state index is -0.276. The highest BCUT2D eigenvalue weighted by Crippen LogP contribution is 2.26. The fraction of sp³-hybridized carbons (Fsp3) is 0.200. The van der Waals surface area contributed by atoms with Crippen LogP contribution >= 0.6 is 23.2 Å². The van der Waals surface area contributed by atoms with E-state index in [0.29, 0.717) is 16.5 Å². The summed E-state index contributed by atoms with van der Waals surface area (Å²) in [5.41, 5.74) is 5.25. The lowest BCUT2D eigenvalue weighted by Gasteiger charge is -2.18. The molecule has 2 rings (SSSR count). The predicted octanol–water partition coefficient (Wildman–Crippen LogP) is 4.19. The van der Waals surface area contributed by atoms with Crippen LogP contribution in [0.5, 0.6) is 0 Å². The largest absolute Gasteiger partial charge is 0.271 e. The molecular formula is C15H15Cl2FN2. The number of halogens is 3. The second-order valence-corrected chi connectivity index (χ2v) is 5.56. The summed E-state index contributed by atoms with van der Waals surface area (Å²) in [6.07, 6.45) is 0.551. The number of nitrogens with two attached hydrogens (primary N) is 1. The summed E-state index contributed by atoms with van der Waals surface area (Å²) in [5.74, 6) is 5.32. The molecule has 0 aliphatic heterocycles. The molecule has 2 aromatic rings. The van der Waals surface area contributed by atoms with Crippen LogP contribution in [0.25, 0.3) is 0 Å². The fourth-order valence-electron chi connectivity index (χ4n) is 2.15. The second kappa shape index (κ2) is 6.55. The molecule has 1 atom stereocenters. The van der Waals surface area contributed by atoms with Gasteiger partial charge in [0.1, 0.15) is 5.82 Å². The van der Waals surface area contributed by atoms with Crippen molar-refractivity contribution in [3.63, 3.8) is 0 Å². The minimum Gasteiger partial charge on any atom is -0.271 e. The first kappa shape index (κ1) is 15.3. The molecular weight excluding hydrogens is 298 g/mol. The van der Waals surface area contributed by atoms with Gasteiger partial charge in [-0.2, -0.15) is 0 Å². The van der Waals surface area contributed by atoms with E-state index in [1.807, 2.05) is 19.1 Å². The Labute approximate surface area is 127 Å². The molecule has 0 radical (unpaired) electrons. The Morgan fingerprint density at radius 1 is 1.20 bits per heavy atom. The average molecular weight is 313 g/mol. The highest BCUT2D eigenvalue weighted by atomic mass is 35.5. The summed E-state index contributed by atoms with van der Waals surface area (Å²) < 4.78 is 13.5. The number of benzene rings is 2. The number of nitrogens with one attached hydrogen (secondary N) is 1. The fourth-order valence-corrected chi connectivity index (χ4v) is 2.63. The lowest BCUT2D eigenvalue weighted by molar-refractivity contribution is 0.544. The van der Waals surface area contributed by atoms with Crippen LogP contribution in [0.4, 0.5) is 4.39 Å². The van der Waals surface area contributed by atoms with Gasteiger partial charge < -0.3 is 0 Å². The molecule has 5 heteroatoms. The zero-order valence-corrected chi connectivity index (χ0v) is 12.5. The van der Waals surface area contributed by atoms with Crippen molar-refractivity contribution in [1.82, 2.24) is 5.43 Å². The van der Waals surface area contributed by atoms with Crippen LogP contribution in [-0.2, 0) is 6.42 Å². The van der Waals surface area contributed by atoms with Crippen molar-refractivity contribution in [3.05, 3.63) is 69.0 Å². The van der Waals surface area contributed by atoms with Crippen LogP contribution in [0.1, 0.15) is 22.7 Å². The molecule has 0 saturated carbocycles. The molecule has 0 heterocycles. The van der Waals surface area contributed by atoms with Gasteiger partial charge in [-0.25, -0.2) is 4.39 Å². The second-order valence-electron chi connectivity index (χ2n) is 4.72. The highest BCUT2D eigenvalue weighted by Gasteiger charge is 2.14. The van der Waals surface area contributed by atoms with E-state index >= 15 is 0 Å². The van der Waals surface area contributed by atoms with Gasteiger partial charge in [0, 0.05) is 10.0 Å². The summed E-state index contributed by atoms with van der Waals surface area (Å²) in [6, 6.07) is 9.94. The van der Waals surface area contributed by atoms with Gasteiger partial charge in [0.05, 0.1) is 6.04 Å². The molecule has 0 amide bonds. The van der Waals surface area contributed by atoms with Crippen molar-refractivity contribution in [2.45, 2.75) is 19.4 Å². The van der Waals surface area contributed by atoms with E-state index in [1.165, 1.54) is 12.1 Å². The monoisotopic (exact) mass is 312 g/mol. The lowest BCUT2D eigenvalue weighted by atomic mass is 9.98. The number of aryl methyl sites for hydroxylation is 1. The summed E-state index contributed by atoms with van der Waals surface area (Å²) in [6.45, 7) is 1.84.